The van der Waals surface area contributed by atoms with Crippen molar-refractivity contribution in [2.24, 2.45) is 5.73 Å². The van der Waals surface area contributed by atoms with Crippen LogP contribution in [0, 0.1) is 0 Å². The van der Waals surface area contributed by atoms with Crippen LogP contribution in [0.3, 0.4) is 0 Å². The average molecular weight is 196 g/mol. The molecule has 0 heterocycles. The van der Waals surface area contributed by atoms with Crippen LogP contribution in [0.1, 0.15) is 19.8 Å². The van der Waals surface area contributed by atoms with E-state index in [1.54, 1.807) is 0 Å². The molecule has 0 radical (unpaired) electrons. The van der Waals surface area contributed by atoms with Gasteiger partial charge in [-0.15, -0.1) is 0 Å². The Hall–Kier alpha value is -0.240. The first-order valence-electron chi connectivity index (χ1n) is 3.94. The molecule has 1 unspecified atom stereocenters. The van der Waals surface area contributed by atoms with Crippen LogP contribution in [0.2, 0.25) is 0 Å². The van der Waals surface area contributed by atoms with Gasteiger partial charge in [0.05, 0.1) is 18.9 Å². The van der Waals surface area contributed by atoms with Gasteiger partial charge in [0.1, 0.15) is 0 Å². The van der Waals surface area contributed by atoms with Crippen LogP contribution in [0.4, 0.5) is 0 Å². The molecule has 0 aromatic heterocycles. The Morgan fingerprint density at radius 1 is 1.31 bits per heavy atom. The van der Waals surface area contributed by atoms with Gasteiger partial charge in [-0.2, -0.15) is 0 Å². The highest BCUT2D eigenvalue weighted by molar-refractivity contribution is 4.79. The Labute approximate surface area is 79.7 Å². The van der Waals surface area contributed by atoms with Crippen LogP contribution in [0.15, 0.2) is 0 Å². The lowest BCUT2D eigenvalue weighted by Crippen LogP contribution is -2.57. The highest BCUT2D eigenvalue weighted by atomic mass is 16.3. The van der Waals surface area contributed by atoms with Crippen LogP contribution in [-0.4, -0.2) is 35.6 Å². The van der Waals surface area contributed by atoms with E-state index in [-0.39, 0.29) is 25.5 Å². The van der Waals surface area contributed by atoms with Crippen molar-refractivity contribution in [2.75, 3.05) is 19.8 Å². The smallest absolute Gasteiger partial charge is 0.0900 e. The molecular weight excluding hydrogens is 172 g/mol. The van der Waals surface area contributed by atoms with Gasteiger partial charge in [0.25, 0.3) is 0 Å². The zero-order chi connectivity index (χ0) is 8.74. The summed E-state index contributed by atoms with van der Waals surface area (Å²) in [4.78, 5) is 0. The fourth-order valence-corrected chi connectivity index (χ4v) is 0.974. The van der Waals surface area contributed by atoms with Crippen LogP contribution in [-0.2, 0) is 0 Å². The van der Waals surface area contributed by atoms with Gasteiger partial charge >= 0.3 is 0 Å². The zero-order valence-electron chi connectivity index (χ0n) is 8.42. The number of nitrogens with one attached hydrogen (secondary N) is 1. The monoisotopic (exact) mass is 196 g/mol. The second kappa shape index (κ2) is 9.85. The van der Waals surface area contributed by atoms with Crippen molar-refractivity contribution in [1.29, 1.82) is 0 Å². The van der Waals surface area contributed by atoms with Crippen LogP contribution in [0.25, 0.3) is 0 Å². The van der Waals surface area contributed by atoms with Gasteiger partial charge < -0.3 is 28.2 Å². The molecule has 0 aromatic rings. The van der Waals surface area contributed by atoms with Gasteiger partial charge in [0.2, 0.25) is 0 Å². The molecule has 84 valence electrons. The SMILES string of the molecule is CCCC(N)(CO)NCCO.N.N. The Bertz CT molecular complexity index is 104. The summed E-state index contributed by atoms with van der Waals surface area (Å²) in [5.41, 5.74) is 5.01. The minimum Gasteiger partial charge on any atom is -0.395 e. The number of aliphatic hydroxyl groups excluding tert-OH is 2. The van der Waals surface area contributed by atoms with E-state index >= 15 is 0 Å². The lowest BCUT2D eigenvalue weighted by molar-refractivity contribution is 0.146. The Kier molecular flexibility index (Phi) is 14.0. The summed E-state index contributed by atoms with van der Waals surface area (Å²) in [6, 6.07) is 0. The van der Waals surface area contributed by atoms with E-state index in [4.69, 9.17) is 15.9 Å². The fraction of sp³-hybridized carbons (Fsp3) is 1.00. The van der Waals surface area contributed by atoms with Crippen LogP contribution < -0.4 is 23.4 Å². The van der Waals surface area contributed by atoms with Crippen molar-refractivity contribution >= 4 is 0 Å². The maximum atomic E-state index is 8.87. The van der Waals surface area contributed by atoms with Gasteiger partial charge in [-0.25, -0.2) is 0 Å². The highest BCUT2D eigenvalue weighted by Gasteiger charge is 2.20. The number of aliphatic hydroxyl groups is 2. The minimum absolute atomic E-state index is 0. The summed E-state index contributed by atoms with van der Waals surface area (Å²) in [7, 11) is 0. The Morgan fingerprint density at radius 2 is 1.85 bits per heavy atom. The third-order valence-corrected chi connectivity index (χ3v) is 1.57. The summed E-state index contributed by atoms with van der Waals surface area (Å²) >= 11 is 0. The van der Waals surface area contributed by atoms with Crippen LogP contribution in [0.5, 0.6) is 0 Å². The fourth-order valence-electron chi connectivity index (χ4n) is 0.974. The maximum Gasteiger partial charge on any atom is 0.0900 e. The molecule has 0 rings (SSSR count). The first-order valence-corrected chi connectivity index (χ1v) is 3.94. The van der Waals surface area contributed by atoms with Crippen molar-refractivity contribution in [1.82, 2.24) is 17.6 Å². The van der Waals surface area contributed by atoms with Crippen molar-refractivity contribution in [3.8, 4) is 0 Å². The number of rotatable bonds is 6. The summed E-state index contributed by atoms with van der Waals surface area (Å²) < 4.78 is 0. The number of hydrogen-bond donors (Lipinski definition) is 6. The molecule has 0 saturated heterocycles. The molecule has 0 bridgehead atoms. The first-order chi connectivity index (χ1) is 5.18. The van der Waals surface area contributed by atoms with E-state index < -0.39 is 5.66 Å². The van der Waals surface area contributed by atoms with E-state index in [0.29, 0.717) is 13.0 Å². The molecule has 1 atom stereocenters. The molecule has 11 N–H and O–H groups in total. The molecule has 0 saturated carbocycles. The highest BCUT2D eigenvalue weighted by Crippen LogP contribution is 2.03. The first kappa shape index (κ1) is 18.5. The average Bonchev–Trinajstić information content (AvgIpc) is 2.02. The molecule has 13 heavy (non-hydrogen) atoms. The second-order valence-electron chi connectivity index (χ2n) is 2.71. The molecule has 0 aliphatic carbocycles. The molecule has 0 spiro atoms. The molecule has 6 nitrogen and oxygen atoms in total. The molecule has 0 fully saturated rings. The third-order valence-electron chi connectivity index (χ3n) is 1.57. The summed E-state index contributed by atoms with van der Waals surface area (Å²) in [5, 5.41) is 20.2. The van der Waals surface area contributed by atoms with Gasteiger partial charge in [0.15, 0.2) is 0 Å². The predicted molar refractivity (Wildman–Crippen MR) is 54.0 cm³/mol. The number of nitrogens with two attached hydrogens (primary N) is 1. The minimum atomic E-state index is -0.711. The largest absolute Gasteiger partial charge is 0.395 e. The zero-order valence-corrected chi connectivity index (χ0v) is 8.42. The van der Waals surface area contributed by atoms with Gasteiger partial charge in [-0.3, -0.25) is 5.32 Å². The summed E-state index contributed by atoms with van der Waals surface area (Å²) in [5.74, 6) is 0. The quantitative estimate of drug-likeness (QED) is 0.310. The van der Waals surface area contributed by atoms with Crippen molar-refractivity contribution in [3.05, 3.63) is 0 Å². The third kappa shape index (κ3) is 8.10. The van der Waals surface area contributed by atoms with Gasteiger partial charge in [-0.05, 0) is 6.42 Å². The molecule has 0 aromatic carbocycles. The van der Waals surface area contributed by atoms with Crippen molar-refractivity contribution in [2.45, 2.75) is 25.4 Å². The van der Waals surface area contributed by atoms with E-state index in [2.05, 4.69) is 5.32 Å². The molecular formula is C7H24N4O2. The Morgan fingerprint density at radius 3 is 2.15 bits per heavy atom. The topological polar surface area (TPSA) is 149 Å². The van der Waals surface area contributed by atoms with Crippen LogP contribution >= 0.6 is 0 Å². The van der Waals surface area contributed by atoms with E-state index in [1.165, 1.54) is 0 Å². The van der Waals surface area contributed by atoms with Crippen molar-refractivity contribution < 1.29 is 10.2 Å². The van der Waals surface area contributed by atoms with E-state index in [9.17, 15) is 0 Å². The lowest BCUT2D eigenvalue weighted by Gasteiger charge is -2.27. The summed E-state index contributed by atoms with van der Waals surface area (Å²) in [6.45, 7) is 2.37. The molecule has 0 aliphatic rings. The second-order valence-corrected chi connectivity index (χ2v) is 2.71. The Balaban J connectivity index is -0.000000500. The van der Waals surface area contributed by atoms with E-state index in [0.717, 1.165) is 6.42 Å². The van der Waals surface area contributed by atoms with Gasteiger partial charge in [0, 0.05) is 6.54 Å². The predicted octanol–water partition coefficient (Wildman–Crippen LogP) is -0.660. The molecule has 0 aliphatic heterocycles. The standard InChI is InChI=1S/C7H18N2O2.2H3N/c1-2-3-7(8,6-11)9-4-5-10;;/h9-11H,2-6,8H2,1H3;2*1H3. The lowest BCUT2D eigenvalue weighted by atomic mass is 10.1. The molecule has 0 amide bonds. The summed E-state index contributed by atoms with van der Waals surface area (Å²) in [6.07, 6.45) is 1.62. The normalized spacial score (nSPS) is 13.8. The maximum absolute atomic E-state index is 8.87. The molecule has 6 heteroatoms. The van der Waals surface area contributed by atoms with Crippen molar-refractivity contribution in [3.63, 3.8) is 0 Å². The number of hydrogen-bond acceptors (Lipinski definition) is 6. The van der Waals surface area contributed by atoms with E-state index in [1.807, 2.05) is 6.92 Å². The van der Waals surface area contributed by atoms with Gasteiger partial charge in [-0.1, -0.05) is 13.3 Å².